The number of amides is 2. The summed E-state index contributed by atoms with van der Waals surface area (Å²) in [5.41, 5.74) is 1.00. The number of thiophene rings is 1. The molecule has 2 rings (SSSR count). The third kappa shape index (κ3) is 4.61. The van der Waals surface area contributed by atoms with Gasteiger partial charge in [-0.05, 0) is 36.8 Å². The Morgan fingerprint density at radius 2 is 2.18 bits per heavy atom. The van der Waals surface area contributed by atoms with Gasteiger partial charge in [0.05, 0.1) is 10.4 Å². The van der Waals surface area contributed by atoms with Crippen molar-refractivity contribution in [3.05, 3.63) is 45.2 Å². The Kier molecular flexibility index (Phi) is 5.63. The van der Waals surface area contributed by atoms with Crippen LogP contribution in [0.3, 0.4) is 0 Å². The van der Waals surface area contributed by atoms with Crippen LogP contribution in [0.25, 0.3) is 0 Å². The monoisotopic (exact) mass is 338 g/mol. The van der Waals surface area contributed by atoms with Crippen molar-refractivity contribution in [2.75, 3.05) is 19.0 Å². The number of aromatic nitrogens is 1. The van der Waals surface area contributed by atoms with Crippen molar-refractivity contribution in [3.8, 4) is 0 Å². The van der Waals surface area contributed by atoms with E-state index in [1.54, 1.807) is 6.20 Å². The summed E-state index contributed by atoms with van der Waals surface area (Å²) in [6.07, 6.45) is 1.74. The number of urea groups is 1. The Hall–Kier alpha value is -1.79. The van der Waals surface area contributed by atoms with E-state index >= 15 is 0 Å². The van der Waals surface area contributed by atoms with Crippen molar-refractivity contribution in [1.29, 1.82) is 0 Å². The van der Waals surface area contributed by atoms with Gasteiger partial charge in [-0.3, -0.25) is 0 Å². The van der Waals surface area contributed by atoms with Crippen molar-refractivity contribution in [1.82, 2.24) is 15.6 Å². The number of hydrogen-bond donors (Lipinski definition) is 2. The van der Waals surface area contributed by atoms with Crippen LogP contribution in [-0.2, 0) is 6.54 Å². The fourth-order valence-corrected chi connectivity index (χ4v) is 2.94. The summed E-state index contributed by atoms with van der Waals surface area (Å²) < 4.78 is 0.719. The summed E-state index contributed by atoms with van der Waals surface area (Å²) in [5, 5.41) is 5.74. The molecule has 0 aliphatic carbocycles. The van der Waals surface area contributed by atoms with Gasteiger partial charge in [-0.25, -0.2) is 9.78 Å². The molecular formula is C15H19ClN4OS. The van der Waals surface area contributed by atoms with Gasteiger partial charge in [0.2, 0.25) is 0 Å². The molecule has 22 heavy (non-hydrogen) atoms. The van der Waals surface area contributed by atoms with E-state index in [4.69, 9.17) is 11.6 Å². The van der Waals surface area contributed by atoms with Crippen LogP contribution in [0.2, 0.25) is 4.34 Å². The Balaban J connectivity index is 1.86. The van der Waals surface area contributed by atoms with Crippen molar-refractivity contribution in [2.45, 2.75) is 19.5 Å². The van der Waals surface area contributed by atoms with Crippen LogP contribution in [0.1, 0.15) is 23.4 Å². The number of hydrogen-bond acceptors (Lipinski definition) is 4. The highest BCUT2D eigenvalue weighted by Crippen LogP contribution is 2.26. The van der Waals surface area contributed by atoms with Crippen molar-refractivity contribution in [2.24, 2.45) is 0 Å². The van der Waals surface area contributed by atoms with Crippen molar-refractivity contribution in [3.63, 3.8) is 0 Å². The van der Waals surface area contributed by atoms with Gasteiger partial charge in [0.15, 0.2) is 0 Å². The van der Waals surface area contributed by atoms with E-state index in [2.05, 4.69) is 15.6 Å². The van der Waals surface area contributed by atoms with Crippen LogP contribution in [0.4, 0.5) is 10.6 Å². The molecule has 7 heteroatoms. The van der Waals surface area contributed by atoms with Gasteiger partial charge >= 0.3 is 6.03 Å². The number of halogens is 1. The molecule has 118 valence electrons. The second-order valence-corrected chi connectivity index (χ2v) is 6.85. The minimum absolute atomic E-state index is 0.0766. The first-order valence-corrected chi connectivity index (χ1v) is 8.07. The predicted molar refractivity (Wildman–Crippen MR) is 91.7 cm³/mol. The predicted octanol–water partition coefficient (Wildman–Crippen LogP) is 3.42. The zero-order chi connectivity index (χ0) is 16.1. The molecule has 0 aromatic carbocycles. The smallest absolute Gasteiger partial charge is 0.315 e. The molecule has 0 radical (unpaired) electrons. The third-order valence-corrected chi connectivity index (χ3v) is 4.50. The van der Waals surface area contributed by atoms with Crippen LogP contribution in [-0.4, -0.2) is 25.1 Å². The van der Waals surface area contributed by atoms with Gasteiger partial charge < -0.3 is 15.5 Å². The summed E-state index contributed by atoms with van der Waals surface area (Å²) in [4.78, 5) is 19.1. The van der Waals surface area contributed by atoms with Crippen molar-refractivity contribution < 1.29 is 4.79 Å². The van der Waals surface area contributed by atoms with E-state index in [9.17, 15) is 4.79 Å². The highest BCUT2D eigenvalue weighted by atomic mass is 35.5. The van der Waals surface area contributed by atoms with E-state index < -0.39 is 0 Å². The largest absolute Gasteiger partial charge is 0.363 e. The average molecular weight is 339 g/mol. The number of pyridine rings is 1. The zero-order valence-electron chi connectivity index (χ0n) is 12.8. The maximum absolute atomic E-state index is 11.9. The fourth-order valence-electron chi connectivity index (χ4n) is 1.88. The lowest BCUT2D eigenvalue weighted by atomic mass is 10.2. The average Bonchev–Trinajstić information content (AvgIpc) is 2.92. The summed E-state index contributed by atoms with van der Waals surface area (Å²) in [5.74, 6) is 0.862. The topological polar surface area (TPSA) is 57.3 Å². The summed E-state index contributed by atoms with van der Waals surface area (Å²) >= 11 is 7.37. The van der Waals surface area contributed by atoms with Gasteiger partial charge in [-0.1, -0.05) is 11.6 Å². The fraction of sp³-hybridized carbons (Fsp3) is 0.333. The van der Waals surface area contributed by atoms with E-state index in [1.807, 2.05) is 50.2 Å². The molecule has 0 saturated heterocycles. The lowest BCUT2D eigenvalue weighted by Crippen LogP contribution is -2.36. The summed E-state index contributed by atoms with van der Waals surface area (Å²) in [7, 11) is 3.86. The number of carbonyl (C=O) groups is 1. The normalized spacial score (nSPS) is 11.8. The molecule has 1 atom stereocenters. The highest BCUT2D eigenvalue weighted by Gasteiger charge is 2.11. The second kappa shape index (κ2) is 7.47. The first kappa shape index (κ1) is 16.6. The van der Waals surface area contributed by atoms with Gasteiger partial charge in [-0.2, -0.15) is 0 Å². The number of carbonyl (C=O) groups excluding carboxylic acids is 1. The van der Waals surface area contributed by atoms with E-state index in [1.165, 1.54) is 11.3 Å². The first-order valence-electron chi connectivity index (χ1n) is 6.87. The molecule has 5 nitrogen and oxygen atoms in total. The molecular weight excluding hydrogens is 320 g/mol. The lowest BCUT2D eigenvalue weighted by Gasteiger charge is -2.14. The standard InChI is InChI=1S/C15H19ClN4OS/c1-10(12-4-5-13(16)22-12)19-15(21)18-9-11-6-7-17-14(8-11)20(2)3/h4-8,10H,9H2,1-3H3,(H2,18,19,21)/t10-/m0/s1. The zero-order valence-corrected chi connectivity index (χ0v) is 14.3. The Morgan fingerprint density at radius 1 is 1.41 bits per heavy atom. The molecule has 2 aromatic heterocycles. The third-order valence-electron chi connectivity index (χ3n) is 3.09. The number of nitrogens with one attached hydrogen (secondary N) is 2. The Bertz CT molecular complexity index is 644. The summed E-state index contributed by atoms with van der Waals surface area (Å²) in [6.45, 7) is 2.38. The second-order valence-electron chi connectivity index (χ2n) is 5.11. The van der Waals surface area contributed by atoms with Crippen LogP contribution >= 0.6 is 22.9 Å². The molecule has 2 amide bonds. The van der Waals surface area contributed by atoms with Crippen LogP contribution in [0, 0.1) is 0 Å². The van der Waals surface area contributed by atoms with Crippen LogP contribution in [0.15, 0.2) is 30.5 Å². The van der Waals surface area contributed by atoms with E-state index in [0.29, 0.717) is 6.54 Å². The molecule has 2 aromatic rings. The van der Waals surface area contributed by atoms with Crippen molar-refractivity contribution >= 4 is 34.8 Å². The quantitative estimate of drug-likeness (QED) is 0.878. The molecule has 0 bridgehead atoms. The molecule has 0 aliphatic rings. The van der Waals surface area contributed by atoms with E-state index in [-0.39, 0.29) is 12.1 Å². The molecule has 0 saturated carbocycles. The van der Waals surface area contributed by atoms with E-state index in [0.717, 1.165) is 20.6 Å². The molecule has 0 aliphatic heterocycles. The lowest BCUT2D eigenvalue weighted by molar-refractivity contribution is 0.237. The highest BCUT2D eigenvalue weighted by molar-refractivity contribution is 7.16. The van der Waals surface area contributed by atoms with Crippen LogP contribution in [0.5, 0.6) is 0 Å². The minimum atomic E-state index is -0.208. The molecule has 2 N–H and O–H groups in total. The molecule has 0 fully saturated rings. The van der Waals surface area contributed by atoms with Gasteiger partial charge in [0.25, 0.3) is 0 Å². The molecule has 2 heterocycles. The van der Waals surface area contributed by atoms with Gasteiger partial charge in [-0.15, -0.1) is 11.3 Å². The molecule has 0 spiro atoms. The maximum Gasteiger partial charge on any atom is 0.315 e. The molecule has 0 unspecified atom stereocenters. The van der Waals surface area contributed by atoms with Gasteiger partial charge in [0, 0.05) is 31.7 Å². The number of nitrogens with zero attached hydrogens (tertiary/aromatic N) is 2. The maximum atomic E-state index is 11.9. The number of rotatable bonds is 5. The van der Waals surface area contributed by atoms with Gasteiger partial charge in [0.1, 0.15) is 5.82 Å². The summed E-state index contributed by atoms with van der Waals surface area (Å²) in [6, 6.07) is 7.30. The Morgan fingerprint density at radius 3 is 2.82 bits per heavy atom. The number of anilines is 1. The minimum Gasteiger partial charge on any atom is -0.363 e. The first-order chi connectivity index (χ1) is 10.5. The van der Waals surface area contributed by atoms with Crippen LogP contribution < -0.4 is 15.5 Å². The SMILES string of the molecule is C[C@H](NC(=O)NCc1ccnc(N(C)C)c1)c1ccc(Cl)s1. The Labute approximate surface area is 139 Å².